The number of nitrogens with one attached hydrogen (secondary N) is 1. The number of unbranched alkanes of at least 4 members (excludes halogenated alkanes) is 1. The van der Waals surface area contributed by atoms with E-state index < -0.39 is 22.0 Å². The Balaban J connectivity index is 1.78. The minimum Gasteiger partial charge on any atom is -0.468 e. The van der Waals surface area contributed by atoms with Crippen molar-refractivity contribution in [3.8, 4) is 0 Å². The summed E-state index contributed by atoms with van der Waals surface area (Å²) in [6.07, 6.45) is 1.97. The minimum atomic E-state index is -3.84. The molecule has 8 heteroatoms. The molecule has 0 saturated heterocycles. The molecule has 0 fully saturated rings. The third-order valence-corrected chi connectivity index (χ3v) is 6.54. The predicted octanol–water partition coefficient (Wildman–Crippen LogP) is 3.40. The lowest BCUT2D eigenvalue weighted by molar-refractivity contribution is -0.142. The second-order valence-electron chi connectivity index (χ2n) is 7.22. The largest absolute Gasteiger partial charge is 0.468 e. The number of ether oxygens (including phenoxy) is 1. The van der Waals surface area contributed by atoms with Crippen LogP contribution in [0.25, 0.3) is 11.0 Å². The molecule has 1 N–H and O–H groups in total. The fourth-order valence-electron chi connectivity index (χ4n) is 3.38. The Morgan fingerprint density at radius 1 is 1.17 bits per heavy atom. The van der Waals surface area contributed by atoms with Gasteiger partial charge in [0.2, 0.25) is 10.0 Å². The Labute approximate surface area is 177 Å². The monoisotopic (exact) mass is 429 g/mol. The minimum absolute atomic E-state index is 0.115. The van der Waals surface area contributed by atoms with Crippen LogP contribution in [0.2, 0.25) is 0 Å². The lowest BCUT2D eigenvalue weighted by Crippen LogP contribution is -2.41. The molecule has 0 unspecified atom stereocenters. The fourth-order valence-corrected chi connectivity index (χ4v) is 4.60. The van der Waals surface area contributed by atoms with Crippen LogP contribution in [0.4, 0.5) is 0 Å². The number of nitrogens with zero attached hydrogens (tertiary/aromatic N) is 2. The van der Waals surface area contributed by atoms with E-state index in [0.29, 0.717) is 13.0 Å². The van der Waals surface area contributed by atoms with Crippen molar-refractivity contribution in [2.75, 3.05) is 7.11 Å². The Bertz CT molecular complexity index is 1120. The lowest BCUT2D eigenvalue weighted by Gasteiger charge is -2.16. The van der Waals surface area contributed by atoms with Crippen molar-refractivity contribution in [2.45, 2.75) is 50.6 Å². The summed E-state index contributed by atoms with van der Waals surface area (Å²) < 4.78 is 34.8. The third kappa shape index (κ3) is 4.88. The van der Waals surface area contributed by atoms with Crippen LogP contribution in [0.5, 0.6) is 0 Å². The zero-order valence-electron chi connectivity index (χ0n) is 17.5. The highest BCUT2D eigenvalue weighted by atomic mass is 32.2. The Morgan fingerprint density at radius 2 is 1.87 bits per heavy atom. The number of aryl methyl sites for hydroxylation is 1. The van der Waals surface area contributed by atoms with Crippen LogP contribution in [0.3, 0.4) is 0 Å². The van der Waals surface area contributed by atoms with E-state index in [2.05, 4.69) is 14.3 Å². The second kappa shape index (κ2) is 9.40. The van der Waals surface area contributed by atoms with Crippen molar-refractivity contribution in [1.29, 1.82) is 0 Å². The first-order valence-corrected chi connectivity index (χ1v) is 11.4. The molecule has 0 aliphatic heterocycles. The van der Waals surface area contributed by atoms with Crippen molar-refractivity contribution in [1.82, 2.24) is 14.3 Å². The van der Waals surface area contributed by atoms with Gasteiger partial charge in [-0.2, -0.15) is 4.72 Å². The summed E-state index contributed by atoms with van der Waals surface area (Å²) in [5, 5.41) is 0. The normalized spacial score (nSPS) is 12.8. The summed E-state index contributed by atoms with van der Waals surface area (Å²) in [7, 11) is -2.58. The van der Waals surface area contributed by atoms with Gasteiger partial charge < -0.3 is 9.30 Å². The quantitative estimate of drug-likeness (QED) is 0.527. The Kier molecular flexibility index (Phi) is 6.89. The molecule has 1 aromatic heterocycles. The average Bonchev–Trinajstić information content (AvgIpc) is 3.06. The standard InChI is InChI=1S/C22H27N3O4S/c1-4-5-8-20(22(26)29-3)24-30(27,28)18-13-11-17(12-14-18)15-25-16(2)23-19-9-6-7-10-21(19)25/h6-7,9-14,20,24H,4-5,8,15H2,1-3H3/t20-/m0/s1. The van der Waals surface area contributed by atoms with Gasteiger partial charge in [0.1, 0.15) is 11.9 Å². The van der Waals surface area contributed by atoms with Crippen molar-refractivity contribution >= 4 is 27.0 Å². The molecular formula is C22H27N3O4S. The van der Waals surface area contributed by atoms with Gasteiger partial charge in [-0.05, 0) is 43.2 Å². The lowest BCUT2D eigenvalue weighted by atomic mass is 10.1. The van der Waals surface area contributed by atoms with Crippen LogP contribution < -0.4 is 4.72 Å². The topological polar surface area (TPSA) is 90.3 Å². The van der Waals surface area contributed by atoms with Crippen molar-refractivity contribution in [3.63, 3.8) is 0 Å². The maximum absolute atomic E-state index is 12.7. The highest BCUT2D eigenvalue weighted by Crippen LogP contribution is 2.19. The number of methoxy groups -OCH3 is 1. The van der Waals surface area contributed by atoms with Crippen LogP contribution in [0, 0.1) is 6.92 Å². The molecule has 0 bridgehead atoms. The number of carbonyl (C=O) groups is 1. The van der Waals surface area contributed by atoms with Gasteiger partial charge in [0, 0.05) is 6.54 Å². The number of hydrogen-bond donors (Lipinski definition) is 1. The first-order chi connectivity index (χ1) is 14.4. The molecule has 7 nitrogen and oxygen atoms in total. The summed E-state index contributed by atoms with van der Waals surface area (Å²) in [5.41, 5.74) is 2.92. The van der Waals surface area contributed by atoms with E-state index >= 15 is 0 Å². The molecule has 0 spiro atoms. The highest BCUT2D eigenvalue weighted by molar-refractivity contribution is 7.89. The molecule has 0 radical (unpaired) electrons. The maximum Gasteiger partial charge on any atom is 0.323 e. The number of fused-ring (bicyclic) bond motifs is 1. The first kappa shape index (κ1) is 22.0. The summed E-state index contributed by atoms with van der Waals surface area (Å²) in [5.74, 6) is 0.317. The highest BCUT2D eigenvalue weighted by Gasteiger charge is 2.26. The van der Waals surface area contributed by atoms with Gasteiger partial charge in [0.15, 0.2) is 0 Å². The number of rotatable bonds is 9. The van der Waals surface area contributed by atoms with Crippen LogP contribution >= 0.6 is 0 Å². The fraction of sp³-hybridized carbons (Fsp3) is 0.364. The van der Waals surface area contributed by atoms with Crippen LogP contribution in [0.1, 0.15) is 37.6 Å². The van der Waals surface area contributed by atoms with E-state index in [1.54, 1.807) is 24.3 Å². The number of imidazole rings is 1. The predicted molar refractivity (Wildman–Crippen MR) is 116 cm³/mol. The molecule has 0 aliphatic carbocycles. The Hall–Kier alpha value is -2.71. The van der Waals surface area contributed by atoms with E-state index in [1.807, 2.05) is 38.1 Å². The van der Waals surface area contributed by atoms with Crippen molar-refractivity contribution in [3.05, 3.63) is 59.9 Å². The van der Waals surface area contributed by atoms with E-state index in [4.69, 9.17) is 4.74 Å². The summed E-state index contributed by atoms with van der Waals surface area (Å²) >= 11 is 0. The number of aromatic nitrogens is 2. The van der Waals surface area contributed by atoms with E-state index in [1.165, 1.54) is 7.11 Å². The number of esters is 1. The van der Waals surface area contributed by atoms with Gasteiger partial charge in [-0.1, -0.05) is 44.0 Å². The van der Waals surface area contributed by atoms with Gasteiger partial charge >= 0.3 is 5.97 Å². The average molecular weight is 430 g/mol. The summed E-state index contributed by atoms with van der Waals surface area (Å²) in [6.45, 7) is 4.51. The SMILES string of the molecule is CCCC[C@H](NS(=O)(=O)c1ccc(Cn2c(C)nc3ccccc32)cc1)C(=O)OC. The molecule has 0 aliphatic rings. The molecule has 3 rings (SSSR count). The van der Waals surface area contributed by atoms with E-state index in [0.717, 1.165) is 35.3 Å². The number of sulfonamides is 1. The zero-order chi connectivity index (χ0) is 21.7. The molecule has 2 aromatic carbocycles. The third-order valence-electron chi connectivity index (χ3n) is 5.05. The first-order valence-electron chi connectivity index (χ1n) is 9.96. The molecule has 1 atom stereocenters. The number of carbonyl (C=O) groups excluding carboxylic acids is 1. The summed E-state index contributed by atoms with van der Waals surface area (Å²) in [4.78, 5) is 16.6. The number of hydrogen-bond acceptors (Lipinski definition) is 5. The van der Waals surface area contributed by atoms with Crippen LogP contribution in [0.15, 0.2) is 53.4 Å². The van der Waals surface area contributed by atoms with Gasteiger partial charge in [0.25, 0.3) is 0 Å². The molecule has 0 amide bonds. The Morgan fingerprint density at radius 3 is 2.53 bits per heavy atom. The molecule has 3 aromatic rings. The number of para-hydroxylation sites is 2. The van der Waals surface area contributed by atoms with Crippen LogP contribution in [-0.2, 0) is 26.1 Å². The second-order valence-corrected chi connectivity index (χ2v) is 8.93. The summed E-state index contributed by atoms with van der Waals surface area (Å²) in [6, 6.07) is 13.7. The van der Waals surface area contributed by atoms with Gasteiger partial charge in [-0.25, -0.2) is 13.4 Å². The zero-order valence-corrected chi connectivity index (χ0v) is 18.3. The van der Waals surface area contributed by atoms with Gasteiger partial charge in [0.05, 0.1) is 23.0 Å². The molecule has 30 heavy (non-hydrogen) atoms. The van der Waals surface area contributed by atoms with Gasteiger partial charge in [-0.3, -0.25) is 4.79 Å². The van der Waals surface area contributed by atoms with Crippen molar-refractivity contribution in [2.24, 2.45) is 0 Å². The van der Waals surface area contributed by atoms with Gasteiger partial charge in [-0.15, -0.1) is 0 Å². The number of benzene rings is 2. The molecular weight excluding hydrogens is 402 g/mol. The molecule has 0 saturated carbocycles. The maximum atomic E-state index is 12.7. The van der Waals surface area contributed by atoms with Crippen LogP contribution in [-0.4, -0.2) is 37.1 Å². The van der Waals surface area contributed by atoms with E-state index in [-0.39, 0.29) is 4.90 Å². The van der Waals surface area contributed by atoms with E-state index in [9.17, 15) is 13.2 Å². The van der Waals surface area contributed by atoms with Crippen molar-refractivity contribution < 1.29 is 17.9 Å². The molecule has 1 heterocycles. The smallest absolute Gasteiger partial charge is 0.323 e. The molecule has 160 valence electrons.